The number of carbonyl (C=O) groups excluding carboxylic acids is 3. The van der Waals surface area contributed by atoms with Crippen molar-refractivity contribution in [3.8, 4) is 11.5 Å². The Labute approximate surface area is 169 Å². The zero-order chi connectivity index (χ0) is 21.1. The second kappa shape index (κ2) is 8.32. The lowest BCUT2D eigenvalue weighted by molar-refractivity contribution is -0.901. The number of methoxy groups -OCH3 is 2. The van der Waals surface area contributed by atoms with Crippen LogP contribution in [0.2, 0.25) is 0 Å². The Bertz CT molecular complexity index is 942. The van der Waals surface area contributed by atoms with Crippen LogP contribution >= 0.6 is 0 Å². The van der Waals surface area contributed by atoms with Gasteiger partial charge in [-0.05, 0) is 37.3 Å². The molecule has 8 nitrogen and oxygen atoms in total. The summed E-state index contributed by atoms with van der Waals surface area (Å²) >= 11 is 0. The summed E-state index contributed by atoms with van der Waals surface area (Å²) in [6, 6.07) is 11.8. The lowest BCUT2D eigenvalue weighted by atomic mass is 10.2. The van der Waals surface area contributed by atoms with E-state index in [4.69, 9.17) is 9.47 Å². The lowest BCUT2D eigenvalue weighted by Gasteiger charge is -2.20. The molecule has 1 saturated heterocycles. The number of benzene rings is 2. The second-order valence-electron chi connectivity index (χ2n) is 6.97. The summed E-state index contributed by atoms with van der Waals surface area (Å²) in [6.07, 6.45) is 0. The van der Waals surface area contributed by atoms with E-state index in [0.29, 0.717) is 23.7 Å². The maximum atomic E-state index is 12.7. The quantitative estimate of drug-likeness (QED) is 0.556. The van der Waals surface area contributed by atoms with Gasteiger partial charge >= 0.3 is 17.8 Å². The summed E-state index contributed by atoms with van der Waals surface area (Å²) in [6.45, 7) is 2.50. The fourth-order valence-electron chi connectivity index (χ4n) is 3.23. The molecule has 1 N–H and O–H groups in total. The van der Waals surface area contributed by atoms with E-state index in [0.717, 1.165) is 25.8 Å². The van der Waals surface area contributed by atoms with E-state index in [2.05, 4.69) is 0 Å². The van der Waals surface area contributed by atoms with Gasteiger partial charge in [-0.25, -0.2) is 14.6 Å². The molecule has 0 aliphatic carbocycles. The van der Waals surface area contributed by atoms with Crippen LogP contribution in [0.5, 0.6) is 11.5 Å². The number of amides is 4. The summed E-state index contributed by atoms with van der Waals surface area (Å²) in [5.41, 5.74) is 2.33. The Morgan fingerprint density at radius 2 is 1.55 bits per heavy atom. The molecule has 2 aromatic rings. The first-order chi connectivity index (χ1) is 13.8. The molecule has 0 saturated carbocycles. The fourth-order valence-corrected chi connectivity index (χ4v) is 3.23. The number of nitrogens with one attached hydrogen (secondary N) is 1. The van der Waals surface area contributed by atoms with Crippen LogP contribution in [0.15, 0.2) is 42.5 Å². The first kappa shape index (κ1) is 20.3. The zero-order valence-electron chi connectivity index (χ0n) is 16.9. The average Bonchev–Trinajstić information content (AvgIpc) is 2.92. The smallest absolute Gasteiger partial charge is 0.343 e. The Morgan fingerprint density at radius 1 is 0.897 bits per heavy atom. The van der Waals surface area contributed by atoms with Crippen molar-refractivity contribution in [1.29, 1.82) is 0 Å². The van der Waals surface area contributed by atoms with Gasteiger partial charge in [0.2, 0.25) is 0 Å². The summed E-state index contributed by atoms with van der Waals surface area (Å²) < 4.78 is 10.5. The second-order valence-corrected chi connectivity index (χ2v) is 6.97. The van der Waals surface area contributed by atoms with E-state index in [9.17, 15) is 14.4 Å². The topological polar surface area (TPSA) is 80.6 Å². The van der Waals surface area contributed by atoms with Crippen LogP contribution in [-0.4, -0.2) is 50.7 Å². The van der Waals surface area contributed by atoms with E-state index >= 15 is 0 Å². The van der Waals surface area contributed by atoms with Gasteiger partial charge in [0.05, 0.1) is 27.0 Å². The van der Waals surface area contributed by atoms with Crippen LogP contribution < -0.4 is 19.3 Å². The zero-order valence-corrected chi connectivity index (χ0v) is 16.9. The van der Waals surface area contributed by atoms with Crippen molar-refractivity contribution in [2.45, 2.75) is 13.5 Å². The number of anilines is 1. The van der Waals surface area contributed by atoms with Gasteiger partial charge in [0.1, 0.15) is 6.54 Å². The first-order valence-corrected chi connectivity index (χ1v) is 9.14. The van der Waals surface area contributed by atoms with Gasteiger partial charge in [0.25, 0.3) is 0 Å². The van der Waals surface area contributed by atoms with Gasteiger partial charge in [-0.1, -0.05) is 17.7 Å². The number of quaternary nitrogens is 1. The molecular weight excluding hydrogens is 374 g/mol. The van der Waals surface area contributed by atoms with Crippen LogP contribution in [0, 0.1) is 6.92 Å². The molecule has 1 atom stereocenters. The highest BCUT2D eigenvalue weighted by molar-refractivity contribution is 6.52. The Hall–Kier alpha value is -3.39. The van der Waals surface area contributed by atoms with Crippen molar-refractivity contribution in [2.24, 2.45) is 0 Å². The number of imide groups is 2. The van der Waals surface area contributed by atoms with Gasteiger partial charge in [-0.2, -0.15) is 0 Å². The standard InChI is InChI=1S/C21H23N3O5/c1-14-5-8-16(9-6-14)24-20(26)19(25)23(21(24)27)13-22(2)12-15-7-10-17(28-3)18(11-15)29-4/h5-11H,12-13H2,1-4H3/p+1. The molecule has 1 aliphatic heterocycles. The molecule has 0 spiro atoms. The van der Waals surface area contributed by atoms with Gasteiger partial charge in [0.15, 0.2) is 18.2 Å². The van der Waals surface area contributed by atoms with Crippen molar-refractivity contribution in [3.63, 3.8) is 0 Å². The molecule has 3 rings (SSSR count). The van der Waals surface area contributed by atoms with Crippen molar-refractivity contribution in [1.82, 2.24) is 4.90 Å². The number of urea groups is 1. The van der Waals surface area contributed by atoms with Gasteiger partial charge in [-0.15, -0.1) is 0 Å². The molecule has 1 aliphatic rings. The van der Waals surface area contributed by atoms with Crippen molar-refractivity contribution >= 4 is 23.5 Å². The van der Waals surface area contributed by atoms with Crippen LogP contribution in [0.1, 0.15) is 11.1 Å². The predicted octanol–water partition coefficient (Wildman–Crippen LogP) is 0.980. The van der Waals surface area contributed by atoms with Crippen molar-refractivity contribution in [3.05, 3.63) is 53.6 Å². The maximum absolute atomic E-state index is 12.7. The molecule has 0 aromatic heterocycles. The largest absolute Gasteiger partial charge is 0.493 e. The molecule has 1 heterocycles. The maximum Gasteiger partial charge on any atom is 0.343 e. The van der Waals surface area contributed by atoms with E-state index in [-0.39, 0.29) is 6.67 Å². The van der Waals surface area contributed by atoms with Crippen molar-refractivity contribution < 1.29 is 28.8 Å². The molecule has 1 fully saturated rings. The summed E-state index contributed by atoms with van der Waals surface area (Å²) in [4.78, 5) is 40.3. The molecular formula is C21H24N3O5+. The minimum Gasteiger partial charge on any atom is -0.493 e. The number of carbonyl (C=O) groups is 3. The predicted molar refractivity (Wildman–Crippen MR) is 106 cm³/mol. The van der Waals surface area contributed by atoms with Crippen LogP contribution in [0.4, 0.5) is 10.5 Å². The Kier molecular flexibility index (Phi) is 5.84. The summed E-state index contributed by atoms with van der Waals surface area (Å²) in [7, 11) is 4.97. The number of aryl methyl sites for hydroxylation is 1. The molecule has 8 heteroatoms. The Balaban J connectivity index is 1.72. The fraction of sp³-hybridized carbons (Fsp3) is 0.286. The van der Waals surface area contributed by atoms with E-state index < -0.39 is 17.8 Å². The number of hydrogen-bond donors (Lipinski definition) is 1. The van der Waals surface area contributed by atoms with Gasteiger partial charge in [0, 0.05) is 5.56 Å². The SMILES string of the molecule is COc1ccc(C[NH+](C)CN2C(=O)C(=O)N(c3ccc(C)cc3)C2=O)cc1OC. The highest BCUT2D eigenvalue weighted by Crippen LogP contribution is 2.27. The number of nitrogens with zero attached hydrogens (tertiary/aromatic N) is 2. The highest BCUT2D eigenvalue weighted by atomic mass is 16.5. The van der Waals surface area contributed by atoms with Gasteiger partial charge in [-0.3, -0.25) is 9.59 Å². The normalized spacial score (nSPS) is 15.1. The molecule has 4 amide bonds. The minimum absolute atomic E-state index is 0.0696. The number of rotatable bonds is 7. The summed E-state index contributed by atoms with van der Waals surface area (Å²) in [5, 5.41) is 0. The minimum atomic E-state index is -0.835. The monoisotopic (exact) mass is 398 g/mol. The van der Waals surface area contributed by atoms with Crippen molar-refractivity contribution in [2.75, 3.05) is 32.8 Å². The average molecular weight is 398 g/mol. The third-order valence-electron chi connectivity index (χ3n) is 4.73. The van der Waals surface area contributed by atoms with Gasteiger partial charge < -0.3 is 14.4 Å². The molecule has 2 aromatic carbocycles. The number of hydrogen-bond acceptors (Lipinski definition) is 5. The molecule has 0 radical (unpaired) electrons. The molecule has 1 unspecified atom stereocenters. The number of ether oxygens (including phenoxy) is 2. The van der Waals surface area contributed by atoms with Crippen LogP contribution in [0.3, 0.4) is 0 Å². The van der Waals surface area contributed by atoms with E-state index in [1.54, 1.807) is 44.6 Å². The molecule has 29 heavy (non-hydrogen) atoms. The van der Waals surface area contributed by atoms with Crippen LogP contribution in [0.25, 0.3) is 0 Å². The third kappa shape index (κ3) is 4.07. The van der Waals surface area contributed by atoms with E-state index in [1.165, 1.54) is 0 Å². The highest BCUT2D eigenvalue weighted by Gasteiger charge is 2.46. The molecule has 0 bridgehead atoms. The summed E-state index contributed by atoms with van der Waals surface area (Å²) in [5.74, 6) is -0.426. The molecule has 152 valence electrons. The first-order valence-electron chi connectivity index (χ1n) is 9.14. The Morgan fingerprint density at radius 3 is 2.17 bits per heavy atom. The third-order valence-corrected chi connectivity index (χ3v) is 4.73. The van der Waals surface area contributed by atoms with Crippen LogP contribution in [-0.2, 0) is 16.1 Å². The lowest BCUT2D eigenvalue weighted by Crippen LogP contribution is -3.09. The van der Waals surface area contributed by atoms with E-state index in [1.807, 2.05) is 26.1 Å².